The second-order valence-corrected chi connectivity index (χ2v) is 4.74. The molecule has 0 saturated carbocycles. The van der Waals surface area contributed by atoms with Gasteiger partial charge in [-0.1, -0.05) is 18.2 Å². The van der Waals surface area contributed by atoms with E-state index in [1.165, 1.54) is 12.8 Å². The van der Waals surface area contributed by atoms with Gasteiger partial charge in [0.05, 0.1) is 0 Å². The zero-order valence-corrected chi connectivity index (χ0v) is 10.3. The van der Waals surface area contributed by atoms with Gasteiger partial charge in [0.15, 0.2) is 0 Å². The van der Waals surface area contributed by atoms with E-state index in [-0.39, 0.29) is 5.91 Å². The molecule has 3 heteroatoms. The molecule has 0 bridgehead atoms. The van der Waals surface area contributed by atoms with Crippen LogP contribution in [0.2, 0.25) is 0 Å². The van der Waals surface area contributed by atoms with Gasteiger partial charge in [-0.05, 0) is 50.4 Å². The highest BCUT2D eigenvalue weighted by atomic mass is 16.1. The monoisotopic (exact) mass is 232 g/mol. The Morgan fingerprint density at radius 1 is 1.47 bits per heavy atom. The second kappa shape index (κ2) is 5.82. The number of aryl methyl sites for hydroxylation is 1. The largest absolute Gasteiger partial charge is 0.352 e. The van der Waals surface area contributed by atoms with E-state index >= 15 is 0 Å². The topological polar surface area (TPSA) is 41.1 Å². The van der Waals surface area contributed by atoms with E-state index in [1.54, 1.807) is 0 Å². The van der Waals surface area contributed by atoms with Crippen molar-refractivity contribution in [1.82, 2.24) is 10.6 Å². The van der Waals surface area contributed by atoms with Crippen molar-refractivity contribution in [2.75, 3.05) is 19.6 Å². The molecule has 0 radical (unpaired) electrons. The summed E-state index contributed by atoms with van der Waals surface area (Å²) in [6.45, 7) is 4.88. The summed E-state index contributed by atoms with van der Waals surface area (Å²) in [5.41, 5.74) is 1.82. The SMILES string of the molecule is Cc1ccccc1C(=O)NC[C@@H]1CCCNC1. The highest BCUT2D eigenvalue weighted by molar-refractivity contribution is 5.95. The fourth-order valence-corrected chi connectivity index (χ4v) is 2.26. The number of hydrogen-bond donors (Lipinski definition) is 2. The van der Waals surface area contributed by atoms with Crippen molar-refractivity contribution in [1.29, 1.82) is 0 Å². The molecular formula is C14H20N2O. The molecule has 0 unspecified atom stereocenters. The number of benzene rings is 1. The van der Waals surface area contributed by atoms with Gasteiger partial charge in [-0.25, -0.2) is 0 Å². The van der Waals surface area contributed by atoms with Crippen LogP contribution in [0.25, 0.3) is 0 Å². The second-order valence-electron chi connectivity index (χ2n) is 4.74. The molecule has 1 saturated heterocycles. The van der Waals surface area contributed by atoms with Gasteiger partial charge in [0.2, 0.25) is 0 Å². The third-order valence-electron chi connectivity index (χ3n) is 3.34. The van der Waals surface area contributed by atoms with Gasteiger partial charge in [-0.15, -0.1) is 0 Å². The van der Waals surface area contributed by atoms with Gasteiger partial charge in [0.1, 0.15) is 0 Å². The molecule has 3 nitrogen and oxygen atoms in total. The van der Waals surface area contributed by atoms with Crippen molar-refractivity contribution < 1.29 is 4.79 Å². The highest BCUT2D eigenvalue weighted by Gasteiger charge is 2.14. The number of rotatable bonds is 3. The summed E-state index contributed by atoms with van der Waals surface area (Å²) in [4.78, 5) is 12.0. The first-order chi connectivity index (χ1) is 8.27. The summed E-state index contributed by atoms with van der Waals surface area (Å²) in [6.07, 6.45) is 2.42. The molecule has 17 heavy (non-hydrogen) atoms. The van der Waals surface area contributed by atoms with Gasteiger partial charge in [0, 0.05) is 12.1 Å². The zero-order valence-electron chi connectivity index (χ0n) is 10.3. The van der Waals surface area contributed by atoms with Crippen LogP contribution in [0.15, 0.2) is 24.3 Å². The molecule has 2 N–H and O–H groups in total. The lowest BCUT2D eigenvalue weighted by atomic mass is 9.99. The molecule has 0 aromatic heterocycles. The molecule has 1 fully saturated rings. The Morgan fingerprint density at radius 2 is 2.29 bits per heavy atom. The maximum absolute atomic E-state index is 12.0. The van der Waals surface area contributed by atoms with Crippen LogP contribution in [-0.4, -0.2) is 25.5 Å². The van der Waals surface area contributed by atoms with Crippen LogP contribution in [0, 0.1) is 12.8 Å². The summed E-state index contributed by atoms with van der Waals surface area (Å²) in [5.74, 6) is 0.630. The minimum absolute atomic E-state index is 0.0497. The van der Waals surface area contributed by atoms with Crippen molar-refractivity contribution in [2.45, 2.75) is 19.8 Å². The van der Waals surface area contributed by atoms with E-state index in [0.29, 0.717) is 5.92 Å². The van der Waals surface area contributed by atoms with Gasteiger partial charge in [0.25, 0.3) is 5.91 Å². The lowest BCUT2D eigenvalue weighted by Crippen LogP contribution is -2.38. The summed E-state index contributed by atoms with van der Waals surface area (Å²) in [5, 5.41) is 6.39. The van der Waals surface area contributed by atoms with Crippen molar-refractivity contribution >= 4 is 5.91 Å². The van der Waals surface area contributed by atoms with E-state index in [0.717, 1.165) is 30.8 Å². The van der Waals surface area contributed by atoms with Crippen LogP contribution in [0.1, 0.15) is 28.8 Å². The highest BCUT2D eigenvalue weighted by Crippen LogP contribution is 2.10. The lowest BCUT2D eigenvalue weighted by molar-refractivity contribution is 0.0944. The number of nitrogens with one attached hydrogen (secondary N) is 2. The Morgan fingerprint density at radius 3 is 3.00 bits per heavy atom. The van der Waals surface area contributed by atoms with Crippen LogP contribution in [0.3, 0.4) is 0 Å². The van der Waals surface area contributed by atoms with E-state index in [2.05, 4.69) is 10.6 Å². The zero-order chi connectivity index (χ0) is 12.1. The third kappa shape index (κ3) is 3.30. The van der Waals surface area contributed by atoms with Crippen molar-refractivity contribution in [3.8, 4) is 0 Å². The molecule has 1 amide bonds. The lowest BCUT2D eigenvalue weighted by Gasteiger charge is -2.23. The fourth-order valence-electron chi connectivity index (χ4n) is 2.26. The summed E-state index contributed by atoms with van der Waals surface area (Å²) in [7, 11) is 0. The van der Waals surface area contributed by atoms with Crippen LogP contribution >= 0.6 is 0 Å². The minimum atomic E-state index is 0.0497. The molecule has 1 aliphatic rings. The van der Waals surface area contributed by atoms with E-state index < -0.39 is 0 Å². The third-order valence-corrected chi connectivity index (χ3v) is 3.34. The Balaban J connectivity index is 1.87. The quantitative estimate of drug-likeness (QED) is 0.833. The fraction of sp³-hybridized carbons (Fsp3) is 0.500. The normalized spacial score (nSPS) is 19.9. The van der Waals surface area contributed by atoms with Crippen LogP contribution < -0.4 is 10.6 Å². The molecule has 92 valence electrons. The molecule has 1 atom stereocenters. The molecule has 0 spiro atoms. The van der Waals surface area contributed by atoms with Gasteiger partial charge >= 0.3 is 0 Å². The maximum Gasteiger partial charge on any atom is 0.251 e. The smallest absolute Gasteiger partial charge is 0.251 e. The predicted molar refractivity (Wildman–Crippen MR) is 69.1 cm³/mol. The Hall–Kier alpha value is -1.35. The van der Waals surface area contributed by atoms with Gasteiger partial charge < -0.3 is 10.6 Å². The summed E-state index contributed by atoms with van der Waals surface area (Å²) < 4.78 is 0. The molecule has 1 aliphatic heterocycles. The Labute approximate surface area is 103 Å². The van der Waals surface area contributed by atoms with Crippen LogP contribution in [-0.2, 0) is 0 Å². The molecule has 1 aromatic rings. The number of carbonyl (C=O) groups excluding carboxylic acids is 1. The average molecular weight is 232 g/mol. The standard InChI is InChI=1S/C14H20N2O/c1-11-5-2-3-7-13(11)14(17)16-10-12-6-4-8-15-9-12/h2-3,5,7,12,15H,4,6,8-10H2,1H3,(H,16,17)/t12-/m1/s1. The molecule has 0 aliphatic carbocycles. The van der Waals surface area contributed by atoms with Crippen molar-refractivity contribution in [3.63, 3.8) is 0 Å². The Kier molecular flexibility index (Phi) is 4.15. The average Bonchev–Trinajstić information content (AvgIpc) is 2.38. The molecule has 2 rings (SSSR count). The first kappa shape index (κ1) is 12.1. The number of hydrogen-bond acceptors (Lipinski definition) is 2. The van der Waals surface area contributed by atoms with Gasteiger partial charge in [-0.2, -0.15) is 0 Å². The van der Waals surface area contributed by atoms with E-state index in [9.17, 15) is 4.79 Å². The van der Waals surface area contributed by atoms with Crippen LogP contribution in [0.5, 0.6) is 0 Å². The van der Waals surface area contributed by atoms with Crippen molar-refractivity contribution in [3.05, 3.63) is 35.4 Å². The minimum Gasteiger partial charge on any atom is -0.352 e. The Bertz CT molecular complexity index is 384. The van der Waals surface area contributed by atoms with Gasteiger partial charge in [-0.3, -0.25) is 4.79 Å². The first-order valence-electron chi connectivity index (χ1n) is 6.32. The number of piperidine rings is 1. The van der Waals surface area contributed by atoms with E-state index in [4.69, 9.17) is 0 Å². The maximum atomic E-state index is 12.0. The number of carbonyl (C=O) groups is 1. The predicted octanol–water partition coefficient (Wildman–Crippen LogP) is 1.72. The van der Waals surface area contributed by atoms with Crippen molar-refractivity contribution in [2.24, 2.45) is 5.92 Å². The first-order valence-corrected chi connectivity index (χ1v) is 6.32. The molecular weight excluding hydrogens is 212 g/mol. The van der Waals surface area contributed by atoms with Crippen LogP contribution in [0.4, 0.5) is 0 Å². The van der Waals surface area contributed by atoms with E-state index in [1.807, 2.05) is 31.2 Å². The summed E-state index contributed by atoms with van der Waals surface area (Å²) in [6, 6.07) is 7.71. The molecule has 1 heterocycles. The number of amides is 1. The molecule has 1 aromatic carbocycles. The summed E-state index contributed by atoms with van der Waals surface area (Å²) >= 11 is 0.